The molecule has 3 heteroatoms. The van der Waals surface area contributed by atoms with E-state index in [2.05, 4.69) is 199 Å². The van der Waals surface area contributed by atoms with E-state index in [0.29, 0.717) is 0 Å². The Hall–Kier alpha value is -6.84. The van der Waals surface area contributed by atoms with Crippen LogP contribution in [0, 0.1) is 13.8 Å². The molecule has 0 fully saturated rings. The summed E-state index contributed by atoms with van der Waals surface area (Å²) in [6.45, 7) is 4.34. The fraction of sp³-hybridized carbons (Fsp3) is 0.0400. The Balaban J connectivity index is 1.15. The van der Waals surface area contributed by atoms with Crippen molar-refractivity contribution in [3.8, 4) is 27.9 Å². The fourth-order valence-electron chi connectivity index (χ4n) is 8.06. The third-order valence-electron chi connectivity index (χ3n) is 10.6. The van der Waals surface area contributed by atoms with Crippen LogP contribution < -0.4 is 4.90 Å². The molecule has 252 valence electrons. The summed E-state index contributed by atoms with van der Waals surface area (Å²) < 4.78 is 9.17. The Kier molecular flexibility index (Phi) is 7.26. The number of aryl methyl sites for hydroxylation is 2. The largest absolute Gasteiger partial charge is 0.455 e. The molecule has 53 heavy (non-hydrogen) atoms. The Morgan fingerprint density at radius 1 is 0.472 bits per heavy atom. The van der Waals surface area contributed by atoms with Gasteiger partial charge in [-0.25, -0.2) is 0 Å². The first kappa shape index (κ1) is 30.9. The molecule has 0 saturated heterocycles. The average Bonchev–Trinajstić information content (AvgIpc) is 3.76. The number of para-hydroxylation sites is 3. The van der Waals surface area contributed by atoms with Crippen molar-refractivity contribution in [3.63, 3.8) is 0 Å². The van der Waals surface area contributed by atoms with Crippen LogP contribution in [0.3, 0.4) is 0 Å². The number of rotatable bonds is 6. The summed E-state index contributed by atoms with van der Waals surface area (Å²) >= 11 is 0. The zero-order chi connectivity index (χ0) is 35.5. The molecule has 0 radical (unpaired) electrons. The average molecular weight is 681 g/mol. The maximum Gasteiger partial charge on any atom is 0.145 e. The van der Waals surface area contributed by atoms with Crippen LogP contribution in [0.2, 0.25) is 0 Å². The lowest BCUT2D eigenvalue weighted by Crippen LogP contribution is -2.11. The van der Waals surface area contributed by atoms with Gasteiger partial charge in [-0.1, -0.05) is 121 Å². The minimum atomic E-state index is 0.873. The molecule has 8 aromatic carbocycles. The maximum absolute atomic E-state index is 6.81. The quantitative estimate of drug-likeness (QED) is 0.174. The van der Waals surface area contributed by atoms with Crippen LogP contribution in [-0.2, 0) is 0 Å². The number of furan rings is 1. The molecule has 0 aliphatic carbocycles. The number of hydrogen-bond donors (Lipinski definition) is 0. The van der Waals surface area contributed by atoms with Crippen LogP contribution in [-0.4, -0.2) is 4.57 Å². The lowest BCUT2D eigenvalue weighted by Gasteiger charge is -2.27. The molecule has 0 atom stereocenters. The van der Waals surface area contributed by atoms with Gasteiger partial charge in [0.25, 0.3) is 0 Å². The first-order valence-electron chi connectivity index (χ1n) is 18.2. The third kappa shape index (κ3) is 5.12. The topological polar surface area (TPSA) is 21.3 Å². The fourth-order valence-corrected chi connectivity index (χ4v) is 8.06. The smallest absolute Gasteiger partial charge is 0.145 e. The standard InChI is InChI=1S/C50H36N2O/c1-33-20-24-37(25-21-33)51(39-28-29-40(34(2)32-39)35-12-4-3-5-13-35)47-31-30-41(50-49(47)44-16-8-11-19-48(44)53-50)36-22-26-38(27-23-36)52-45-17-9-6-14-42(45)43-15-7-10-18-46(43)52/h3-32H,1-2H3. The van der Waals surface area contributed by atoms with Gasteiger partial charge >= 0.3 is 0 Å². The number of benzene rings is 8. The Bertz CT molecular complexity index is 2900. The number of anilines is 3. The molecule has 2 heterocycles. The van der Waals surface area contributed by atoms with Crippen molar-refractivity contribution in [2.45, 2.75) is 13.8 Å². The van der Waals surface area contributed by atoms with Crippen LogP contribution in [0.25, 0.3) is 71.7 Å². The number of hydrogen-bond acceptors (Lipinski definition) is 2. The highest BCUT2D eigenvalue weighted by atomic mass is 16.3. The minimum absolute atomic E-state index is 0.873. The van der Waals surface area contributed by atoms with Crippen molar-refractivity contribution >= 4 is 60.8 Å². The predicted octanol–water partition coefficient (Wildman–Crippen LogP) is 14.1. The molecule has 10 aromatic rings. The van der Waals surface area contributed by atoms with E-state index in [1.54, 1.807) is 0 Å². The van der Waals surface area contributed by atoms with Gasteiger partial charge in [-0.15, -0.1) is 0 Å². The summed E-state index contributed by atoms with van der Waals surface area (Å²) in [7, 11) is 0. The number of nitrogens with zero attached hydrogens (tertiary/aromatic N) is 2. The van der Waals surface area contributed by atoms with E-state index in [1.165, 1.54) is 44.1 Å². The van der Waals surface area contributed by atoms with Crippen molar-refractivity contribution in [1.29, 1.82) is 0 Å². The van der Waals surface area contributed by atoms with E-state index in [9.17, 15) is 0 Å². The van der Waals surface area contributed by atoms with E-state index in [-0.39, 0.29) is 0 Å². The van der Waals surface area contributed by atoms with Gasteiger partial charge in [0.1, 0.15) is 11.2 Å². The molecule has 0 aliphatic rings. The molecular weight excluding hydrogens is 645 g/mol. The maximum atomic E-state index is 6.81. The van der Waals surface area contributed by atoms with Gasteiger partial charge in [-0.05, 0) is 103 Å². The lowest BCUT2D eigenvalue weighted by atomic mass is 9.98. The third-order valence-corrected chi connectivity index (χ3v) is 10.6. The van der Waals surface area contributed by atoms with Crippen LogP contribution in [0.15, 0.2) is 186 Å². The van der Waals surface area contributed by atoms with Crippen molar-refractivity contribution in [2.24, 2.45) is 0 Å². The molecule has 0 amide bonds. The number of fused-ring (bicyclic) bond motifs is 6. The molecule has 0 unspecified atom stereocenters. The molecule has 0 saturated carbocycles. The summed E-state index contributed by atoms with van der Waals surface area (Å²) in [6.07, 6.45) is 0. The second-order valence-electron chi connectivity index (χ2n) is 13.9. The van der Waals surface area contributed by atoms with E-state index >= 15 is 0 Å². The zero-order valence-corrected chi connectivity index (χ0v) is 29.6. The van der Waals surface area contributed by atoms with Crippen LogP contribution in [0.5, 0.6) is 0 Å². The van der Waals surface area contributed by atoms with Gasteiger partial charge in [-0.2, -0.15) is 0 Å². The van der Waals surface area contributed by atoms with Crippen LogP contribution in [0.1, 0.15) is 11.1 Å². The van der Waals surface area contributed by atoms with Crippen LogP contribution in [0.4, 0.5) is 17.1 Å². The van der Waals surface area contributed by atoms with E-state index in [1.807, 2.05) is 6.07 Å². The SMILES string of the molecule is Cc1ccc(N(c2ccc(-c3ccccc3)c(C)c2)c2ccc(-c3ccc(-n4c5ccccc5c5ccccc54)cc3)c3oc4ccccc4c23)cc1. The molecule has 0 aliphatic heterocycles. The van der Waals surface area contributed by atoms with Crippen LogP contribution >= 0.6 is 0 Å². The van der Waals surface area contributed by atoms with E-state index < -0.39 is 0 Å². The monoisotopic (exact) mass is 680 g/mol. The highest BCUT2D eigenvalue weighted by molar-refractivity contribution is 6.17. The lowest BCUT2D eigenvalue weighted by molar-refractivity contribution is 0.670. The number of aromatic nitrogens is 1. The van der Waals surface area contributed by atoms with E-state index in [0.717, 1.165) is 55.8 Å². The van der Waals surface area contributed by atoms with Gasteiger partial charge in [0.2, 0.25) is 0 Å². The Morgan fingerprint density at radius 2 is 1.06 bits per heavy atom. The molecule has 0 bridgehead atoms. The minimum Gasteiger partial charge on any atom is -0.455 e. The van der Waals surface area contributed by atoms with Crippen molar-refractivity contribution < 1.29 is 4.42 Å². The van der Waals surface area contributed by atoms with Gasteiger partial charge in [-0.3, -0.25) is 0 Å². The summed E-state index contributed by atoms with van der Waals surface area (Å²) in [5.74, 6) is 0. The van der Waals surface area contributed by atoms with Crippen molar-refractivity contribution in [2.75, 3.05) is 4.90 Å². The molecule has 2 aromatic heterocycles. The summed E-state index contributed by atoms with van der Waals surface area (Å²) in [4.78, 5) is 2.38. The van der Waals surface area contributed by atoms with Crippen molar-refractivity contribution in [3.05, 3.63) is 193 Å². The Morgan fingerprint density at radius 3 is 1.75 bits per heavy atom. The van der Waals surface area contributed by atoms with E-state index in [4.69, 9.17) is 4.42 Å². The molecule has 0 spiro atoms. The highest BCUT2D eigenvalue weighted by Gasteiger charge is 2.23. The summed E-state index contributed by atoms with van der Waals surface area (Å²) in [5, 5.41) is 4.70. The van der Waals surface area contributed by atoms with Gasteiger partial charge in [0, 0.05) is 38.8 Å². The first-order chi connectivity index (χ1) is 26.1. The van der Waals surface area contributed by atoms with Gasteiger partial charge in [0.15, 0.2) is 0 Å². The predicted molar refractivity (Wildman–Crippen MR) is 223 cm³/mol. The van der Waals surface area contributed by atoms with Gasteiger partial charge < -0.3 is 13.9 Å². The molecule has 3 nitrogen and oxygen atoms in total. The second-order valence-corrected chi connectivity index (χ2v) is 13.9. The van der Waals surface area contributed by atoms with Gasteiger partial charge in [0.05, 0.1) is 22.1 Å². The summed E-state index contributed by atoms with van der Waals surface area (Å²) in [6, 6.07) is 65.3. The molecule has 10 rings (SSSR count). The Labute approximate surface area is 308 Å². The zero-order valence-electron chi connectivity index (χ0n) is 29.6. The molecule has 0 N–H and O–H groups in total. The summed E-state index contributed by atoms with van der Waals surface area (Å²) in [5.41, 5.74) is 15.6. The highest BCUT2D eigenvalue weighted by Crippen LogP contribution is 2.47. The van der Waals surface area contributed by atoms with Crippen molar-refractivity contribution in [1.82, 2.24) is 4.57 Å². The first-order valence-corrected chi connectivity index (χ1v) is 18.2. The molecular formula is C50H36N2O. The second kappa shape index (κ2) is 12.4. The normalized spacial score (nSPS) is 11.6.